The monoisotopic (exact) mass is 292 g/mol. The Balaban J connectivity index is 1.89. The van der Waals surface area contributed by atoms with Crippen molar-refractivity contribution >= 4 is 11.7 Å². The number of pyridine rings is 1. The number of piperidine rings is 1. The van der Waals surface area contributed by atoms with Crippen molar-refractivity contribution in [2.75, 3.05) is 32.1 Å². The molecule has 1 amide bonds. The lowest BCUT2D eigenvalue weighted by atomic mass is 9.91. The van der Waals surface area contributed by atoms with Gasteiger partial charge < -0.3 is 15.7 Å². The minimum absolute atomic E-state index is 0.00599. The summed E-state index contributed by atoms with van der Waals surface area (Å²) >= 11 is 0. The molecule has 0 aliphatic carbocycles. The largest absolute Gasteiger partial charge is 0.383 e. The number of nitrogens with two attached hydrogens (primary N) is 1. The predicted molar refractivity (Wildman–Crippen MR) is 81.8 cm³/mol. The van der Waals surface area contributed by atoms with Crippen LogP contribution in [-0.2, 0) is 11.3 Å². The Morgan fingerprint density at radius 3 is 2.76 bits per heavy atom. The van der Waals surface area contributed by atoms with E-state index in [1.165, 1.54) is 5.56 Å². The summed E-state index contributed by atoms with van der Waals surface area (Å²) in [7, 11) is 3.95. The number of nitrogens with zero attached hydrogens (tertiary/aromatic N) is 3. The zero-order valence-corrected chi connectivity index (χ0v) is 12.7. The Hall–Kier alpha value is -1.66. The number of anilines is 1. The van der Waals surface area contributed by atoms with Crippen LogP contribution in [0.15, 0.2) is 18.3 Å². The number of amides is 1. The second-order valence-corrected chi connectivity index (χ2v) is 5.88. The number of aromatic nitrogens is 1. The molecule has 1 aliphatic rings. The van der Waals surface area contributed by atoms with Crippen LogP contribution in [0.2, 0.25) is 0 Å². The summed E-state index contributed by atoms with van der Waals surface area (Å²) in [5.74, 6) is 0.332. The minimum atomic E-state index is -1.01. The molecule has 0 radical (unpaired) electrons. The lowest BCUT2D eigenvalue weighted by Gasteiger charge is -2.33. The maximum absolute atomic E-state index is 11.0. The third kappa shape index (κ3) is 4.15. The highest BCUT2D eigenvalue weighted by atomic mass is 16.3. The molecule has 2 rings (SSSR count). The van der Waals surface area contributed by atoms with Crippen molar-refractivity contribution in [2.24, 2.45) is 11.7 Å². The van der Waals surface area contributed by atoms with E-state index in [1.807, 2.05) is 31.3 Å². The Labute approximate surface area is 125 Å². The molecule has 1 saturated heterocycles. The molecule has 3 N–H and O–H groups in total. The van der Waals surface area contributed by atoms with Crippen molar-refractivity contribution in [3.05, 3.63) is 23.9 Å². The van der Waals surface area contributed by atoms with E-state index in [0.717, 1.165) is 38.3 Å². The number of carbonyl (C=O) groups is 1. The first-order valence-electron chi connectivity index (χ1n) is 7.29. The molecule has 116 valence electrons. The van der Waals surface area contributed by atoms with Crippen molar-refractivity contribution in [1.82, 2.24) is 9.88 Å². The first-order valence-corrected chi connectivity index (χ1v) is 7.29. The van der Waals surface area contributed by atoms with Gasteiger partial charge in [0.2, 0.25) is 5.91 Å². The molecule has 0 aromatic carbocycles. The normalized spacial score (nSPS) is 18.4. The Bertz CT molecular complexity index is 484. The first-order chi connectivity index (χ1) is 9.97. The zero-order chi connectivity index (χ0) is 15.4. The third-order valence-corrected chi connectivity index (χ3v) is 4.04. The van der Waals surface area contributed by atoms with E-state index in [-0.39, 0.29) is 5.92 Å². The van der Waals surface area contributed by atoms with Gasteiger partial charge in [0.15, 0.2) is 0 Å². The lowest BCUT2D eigenvalue weighted by Crippen LogP contribution is -2.42. The van der Waals surface area contributed by atoms with Gasteiger partial charge in [-0.05, 0) is 49.5 Å². The second-order valence-electron chi connectivity index (χ2n) is 5.88. The van der Waals surface area contributed by atoms with Gasteiger partial charge in [-0.3, -0.25) is 9.69 Å². The van der Waals surface area contributed by atoms with Crippen LogP contribution in [0.5, 0.6) is 0 Å². The maximum atomic E-state index is 11.0. The van der Waals surface area contributed by atoms with Gasteiger partial charge in [0.05, 0.1) is 0 Å². The van der Waals surface area contributed by atoms with Crippen LogP contribution in [0, 0.1) is 5.92 Å². The van der Waals surface area contributed by atoms with Crippen LogP contribution < -0.4 is 10.6 Å². The Kier molecular flexibility index (Phi) is 5.14. The summed E-state index contributed by atoms with van der Waals surface area (Å²) in [6.45, 7) is 2.60. The standard InChI is InChI=1S/C15H24N4O2/c1-18(2)13-9-11(3-6-17-13)10-19-7-4-12(5-8-19)14(20)15(16)21/h3,6,9,12,14,20H,4-5,7-8,10H2,1-2H3,(H2,16,21)/t14-/m0/s1. The summed E-state index contributed by atoms with van der Waals surface area (Å²) in [6.07, 6.45) is 2.42. The highest BCUT2D eigenvalue weighted by Crippen LogP contribution is 2.22. The molecular weight excluding hydrogens is 268 g/mol. The van der Waals surface area contributed by atoms with Crippen LogP contribution in [0.3, 0.4) is 0 Å². The number of carbonyl (C=O) groups excluding carboxylic acids is 1. The second kappa shape index (κ2) is 6.87. The van der Waals surface area contributed by atoms with Crippen molar-refractivity contribution in [3.8, 4) is 0 Å². The van der Waals surface area contributed by atoms with Crippen LogP contribution >= 0.6 is 0 Å². The molecule has 0 bridgehead atoms. The van der Waals surface area contributed by atoms with Gasteiger partial charge in [-0.25, -0.2) is 4.98 Å². The molecule has 6 heteroatoms. The zero-order valence-electron chi connectivity index (χ0n) is 12.7. The molecule has 21 heavy (non-hydrogen) atoms. The predicted octanol–water partition coefficient (Wildman–Crippen LogP) is 0.206. The third-order valence-electron chi connectivity index (χ3n) is 4.04. The fourth-order valence-electron chi connectivity index (χ4n) is 2.72. The quantitative estimate of drug-likeness (QED) is 0.810. The molecule has 1 fully saturated rings. The van der Waals surface area contributed by atoms with Crippen molar-refractivity contribution < 1.29 is 9.90 Å². The van der Waals surface area contributed by atoms with E-state index in [4.69, 9.17) is 5.73 Å². The van der Waals surface area contributed by atoms with Crippen LogP contribution in [0.1, 0.15) is 18.4 Å². The lowest BCUT2D eigenvalue weighted by molar-refractivity contribution is -0.129. The van der Waals surface area contributed by atoms with E-state index in [9.17, 15) is 9.90 Å². The van der Waals surface area contributed by atoms with E-state index in [2.05, 4.69) is 16.0 Å². The van der Waals surface area contributed by atoms with Gasteiger partial charge in [-0.1, -0.05) is 0 Å². The molecule has 0 unspecified atom stereocenters. The van der Waals surface area contributed by atoms with Gasteiger partial charge in [-0.2, -0.15) is 0 Å². The van der Waals surface area contributed by atoms with Crippen LogP contribution in [-0.4, -0.2) is 54.2 Å². The number of aliphatic hydroxyl groups excluding tert-OH is 1. The summed E-state index contributed by atoms with van der Waals surface area (Å²) in [6, 6.07) is 4.11. The SMILES string of the molecule is CN(C)c1cc(CN2CCC([C@H](O)C(N)=O)CC2)ccn1. The fraction of sp³-hybridized carbons (Fsp3) is 0.600. The molecule has 0 saturated carbocycles. The van der Waals surface area contributed by atoms with Crippen LogP contribution in [0.25, 0.3) is 0 Å². The minimum Gasteiger partial charge on any atom is -0.383 e. The number of likely N-dealkylation sites (tertiary alicyclic amines) is 1. The maximum Gasteiger partial charge on any atom is 0.246 e. The van der Waals surface area contributed by atoms with E-state index in [0.29, 0.717) is 0 Å². The van der Waals surface area contributed by atoms with Crippen molar-refractivity contribution in [1.29, 1.82) is 0 Å². The molecule has 1 aromatic heterocycles. The summed E-state index contributed by atoms with van der Waals surface area (Å²) in [5, 5.41) is 9.72. The van der Waals surface area contributed by atoms with E-state index < -0.39 is 12.0 Å². The number of hydrogen-bond donors (Lipinski definition) is 2. The van der Waals surface area contributed by atoms with E-state index >= 15 is 0 Å². The smallest absolute Gasteiger partial charge is 0.246 e. The van der Waals surface area contributed by atoms with Crippen molar-refractivity contribution in [3.63, 3.8) is 0 Å². The average molecular weight is 292 g/mol. The van der Waals surface area contributed by atoms with Gasteiger partial charge in [0, 0.05) is 26.8 Å². The fourth-order valence-corrected chi connectivity index (χ4v) is 2.72. The number of primary amides is 1. The molecule has 1 atom stereocenters. The molecular formula is C15H24N4O2. The highest BCUT2D eigenvalue weighted by molar-refractivity contribution is 5.78. The van der Waals surface area contributed by atoms with Gasteiger partial charge in [0.1, 0.15) is 11.9 Å². The summed E-state index contributed by atoms with van der Waals surface area (Å²) in [5.41, 5.74) is 6.38. The molecule has 2 heterocycles. The van der Waals surface area contributed by atoms with Gasteiger partial charge in [0.25, 0.3) is 0 Å². The van der Waals surface area contributed by atoms with E-state index in [1.54, 1.807) is 0 Å². The highest BCUT2D eigenvalue weighted by Gasteiger charge is 2.28. The number of aliphatic hydroxyl groups is 1. The van der Waals surface area contributed by atoms with Crippen molar-refractivity contribution in [2.45, 2.75) is 25.5 Å². The van der Waals surface area contributed by atoms with Gasteiger partial charge >= 0.3 is 0 Å². The molecule has 1 aliphatic heterocycles. The molecule has 1 aromatic rings. The molecule has 6 nitrogen and oxygen atoms in total. The Morgan fingerprint density at radius 2 is 2.19 bits per heavy atom. The summed E-state index contributed by atoms with van der Waals surface area (Å²) in [4.78, 5) is 19.6. The topological polar surface area (TPSA) is 82.7 Å². The number of rotatable bonds is 5. The van der Waals surface area contributed by atoms with Gasteiger partial charge in [-0.15, -0.1) is 0 Å². The molecule has 0 spiro atoms. The summed E-state index contributed by atoms with van der Waals surface area (Å²) < 4.78 is 0. The first kappa shape index (κ1) is 15.7. The van der Waals surface area contributed by atoms with Crippen LogP contribution in [0.4, 0.5) is 5.82 Å². The average Bonchev–Trinajstić information content (AvgIpc) is 2.47. The number of hydrogen-bond acceptors (Lipinski definition) is 5. The Morgan fingerprint density at radius 1 is 1.52 bits per heavy atom.